The molecule has 94 valence electrons. The Morgan fingerprint density at radius 2 is 2.17 bits per heavy atom. The van der Waals surface area contributed by atoms with Gasteiger partial charge in [-0.05, 0) is 30.9 Å². The van der Waals surface area contributed by atoms with Crippen LogP contribution < -0.4 is 5.32 Å². The number of rotatable bonds is 2. The van der Waals surface area contributed by atoms with Crippen molar-refractivity contribution in [1.82, 2.24) is 5.16 Å². The Hall–Kier alpha value is -1.84. The zero-order valence-corrected chi connectivity index (χ0v) is 10.1. The second-order valence-corrected chi connectivity index (χ2v) is 4.59. The van der Waals surface area contributed by atoms with Crippen molar-refractivity contribution in [3.63, 3.8) is 0 Å². The van der Waals surface area contributed by atoms with Crippen molar-refractivity contribution < 1.29 is 8.91 Å². The zero-order chi connectivity index (χ0) is 12.4. The van der Waals surface area contributed by atoms with Gasteiger partial charge in [0.15, 0.2) is 0 Å². The summed E-state index contributed by atoms with van der Waals surface area (Å²) in [5.74, 6) is 0.578. The highest BCUT2D eigenvalue weighted by atomic mass is 19.1. The van der Waals surface area contributed by atoms with Gasteiger partial charge in [-0.1, -0.05) is 23.4 Å². The van der Waals surface area contributed by atoms with E-state index >= 15 is 0 Å². The number of nitrogens with one attached hydrogen (secondary N) is 1. The number of anilines is 1. The second-order valence-electron chi connectivity index (χ2n) is 4.59. The lowest BCUT2D eigenvalue weighted by Gasteiger charge is -2.02. The highest BCUT2D eigenvalue weighted by Crippen LogP contribution is 2.26. The molecule has 0 fully saturated rings. The monoisotopic (exact) mass is 246 g/mol. The van der Waals surface area contributed by atoms with Crippen LogP contribution in [0.25, 0.3) is 0 Å². The molecule has 0 spiro atoms. The summed E-state index contributed by atoms with van der Waals surface area (Å²) < 4.78 is 18.9. The van der Waals surface area contributed by atoms with Gasteiger partial charge in [-0.15, -0.1) is 0 Å². The largest absolute Gasteiger partial charge is 0.354 e. The van der Waals surface area contributed by atoms with E-state index in [4.69, 9.17) is 4.52 Å². The summed E-state index contributed by atoms with van der Waals surface area (Å²) in [5.41, 5.74) is 2.62. The maximum atomic E-state index is 13.6. The highest BCUT2D eigenvalue weighted by molar-refractivity contribution is 5.45. The molecule has 0 amide bonds. The van der Waals surface area contributed by atoms with Gasteiger partial charge < -0.3 is 9.84 Å². The van der Waals surface area contributed by atoms with Gasteiger partial charge in [-0.25, -0.2) is 4.39 Å². The van der Waals surface area contributed by atoms with Crippen LogP contribution in [0.5, 0.6) is 0 Å². The minimum absolute atomic E-state index is 0.184. The summed E-state index contributed by atoms with van der Waals surface area (Å²) in [7, 11) is 0. The first-order chi connectivity index (χ1) is 8.84. The fraction of sp³-hybridized carbons (Fsp3) is 0.357. The summed E-state index contributed by atoms with van der Waals surface area (Å²) in [4.78, 5) is 0. The number of hydrogen-bond donors (Lipinski definition) is 1. The van der Waals surface area contributed by atoms with Crippen LogP contribution in [-0.2, 0) is 12.8 Å². The predicted molar refractivity (Wildman–Crippen MR) is 67.1 cm³/mol. The van der Waals surface area contributed by atoms with E-state index in [9.17, 15) is 4.39 Å². The molecule has 3 nitrogen and oxygen atoms in total. The van der Waals surface area contributed by atoms with Gasteiger partial charge in [0.2, 0.25) is 5.88 Å². The minimum atomic E-state index is -0.184. The lowest BCUT2D eigenvalue weighted by atomic mass is 10.0. The predicted octanol–water partition coefficient (Wildman–Crippen LogP) is 3.15. The van der Waals surface area contributed by atoms with Crippen LogP contribution in [-0.4, -0.2) is 11.7 Å². The summed E-state index contributed by atoms with van der Waals surface area (Å²) in [5, 5.41) is 7.29. The molecule has 2 aromatic rings. The van der Waals surface area contributed by atoms with Gasteiger partial charge in [0.25, 0.3) is 0 Å². The van der Waals surface area contributed by atoms with Crippen molar-refractivity contribution in [3.8, 4) is 0 Å². The van der Waals surface area contributed by atoms with Crippen LogP contribution in [0.4, 0.5) is 10.3 Å². The number of fused-ring (bicyclic) bond motifs is 1. The number of aromatic nitrogens is 1. The van der Waals surface area contributed by atoms with E-state index < -0.39 is 0 Å². The molecule has 0 saturated heterocycles. The smallest absolute Gasteiger partial charge is 0.228 e. The third kappa shape index (κ3) is 2.10. The van der Waals surface area contributed by atoms with Gasteiger partial charge in [0, 0.05) is 18.5 Å². The van der Waals surface area contributed by atoms with Crippen molar-refractivity contribution in [1.29, 1.82) is 0 Å². The fourth-order valence-electron chi connectivity index (χ4n) is 2.33. The first kappa shape index (κ1) is 11.3. The maximum absolute atomic E-state index is 13.6. The molecule has 1 aliphatic heterocycles. The lowest BCUT2D eigenvalue weighted by molar-refractivity contribution is 0.424. The SMILES string of the molecule is Fc1ccccc1Cc1noc2c1CCCCN2. The number of hydrogen-bond acceptors (Lipinski definition) is 3. The Balaban J connectivity index is 1.89. The average molecular weight is 246 g/mol. The number of halogens is 1. The standard InChI is InChI=1S/C14H15FN2O/c15-12-7-2-1-5-10(12)9-13-11-6-3-4-8-16-14(11)18-17-13/h1-2,5,7,16H,3-4,6,8-9H2. The Bertz CT molecular complexity index is 550. The van der Waals surface area contributed by atoms with Crippen molar-refractivity contribution in [2.24, 2.45) is 0 Å². The normalized spacial score (nSPS) is 14.7. The molecule has 1 aromatic carbocycles. The van der Waals surface area contributed by atoms with E-state index in [1.807, 2.05) is 6.07 Å². The summed E-state index contributed by atoms with van der Waals surface area (Å²) in [6.07, 6.45) is 3.69. The first-order valence-corrected chi connectivity index (χ1v) is 6.29. The van der Waals surface area contributed by atoms with E-state index in [2.05, 4.69) is 10.5 Å². The molecule has 0 saturated carbocycles. The summed E-state index contributed by atoms with van der Waals surface area (Å²) in [6, 6.07) is 6.81. The van der Waals surface area contributed by atoms with E-state index in [1.165, 1.54) is 6.07 Å². The fourth-order valence-corrected chi connectivity index (χ4v) is 2.33. The Labute approximate surface area is 105 Å². The van der Waals surface area contributed by atoms with Crippen molar-refractivity contribution in [3.05, 3.63) is 46.9 Å². The molecular formula is C14H15FN2O. The molecule has 2 heterocycles. The molecule has 0 atom stereocenters. The summed E-state index contributed by atoms with van der Waals surface area (Å²) >= 11 is 0. The van der Waals surface area contributed by atoms with Crippen molar-refractivity contribution >= 4 is 5.88 Å². The number of nitrogens with zero attached hydrogens (tertiary/aromatic N) is 1. The first-order valence-electron chi connectivity index (χ1n) is 6.29. The Morgan fingerprint density at radius 3 is 3.06 bits per heavy atom. The molecule has 1 aromatic heterocycles. The van der Waals surface area contributed by atoms with Crippen LogP contribution in [0, 0.1) is 5.82 Å². The lowest BCUT2D eigenvalue weighted by Crippen LogP contribution is -1.98. The van der Waals surface area contributed by atoms with Crippen LogP contribution in [0.15, 0.2) is 28.8 Å². The molecule has 0 bridgehead atoms. The topological polar surface area (TPSA) is 38.1 Å². The third-order valence-electron chi connectivity index (χ3n) is 3.32. The average Bonchev–Trinajstić information content (AvgIpc) is 2.62. The molecule has 0 aliphatic carbocycles. The van der Waals surface area contributed by atoms with Crippen LogP contribution in [0.1, 0.15) is 29.7 Å². The molecule has 1 N–H and O–H groups in total. The van der Waals surface area contributed by atoms with Gasteiger partial charge >= 0.3 is 0 Å². The quantitative estimate of drug-likeness (QED) is 0.884. The number of benzene rings is 1. The van der Waals surface area contributed by atoms with Gasteiger partial charge in [-0.3, -0.25) is 0 Å². The van der Waals surface area contributed by atoms with E-state index in [-0.39, 0.29) is 5.82 Å². The molecule has 4 heteroatoms. The molecule has 0 unspecified atom stereocenters. The zero-order valence-electron chi connectivity index (χ0n) is 10.1. The van der Waals surface area contributed by atoms with E-state index in [0.717, 1.165) is 42.9 Å². The highest BCUT2D eigenvalue weighted by Gasteiger charge is 2.18. The third-order valence-corrected chi connectivity index (χ3v) is 3.32. The van der Waals surface area contributed by atoms with E-state index in [0.29, 0.717) is 12.0 Å². The van der Waals surface area contributed by atoms with Gasteiger partial charge in [-0.2, -0.15) is 0 Å². The van der Waals surface area contributed by atoms with E-state index in [1.54, 1.807) is 12.1 Å². The molecule has 1 aliphatic rings. The molecule has 0 radical (unpaired) electrons. The van der Waals surface area contributed by atoms with Crippen molar-refractivity contribution in [2.45, 2.75) is 25.7 Å². The molecule has 3 rings (SSSR count). The van der Waals surface area contributed by atoms with Gasteiger partial charge in [0.1, 0.15) is 5.82 Å². The maximum Gasteiger partial charge on any atom is 0.228 e. The Morgan fingerprint density at radius 1 is 1.28 bits per heavy atom. The van der Waals surface area contributed by atoms with Crippen LogP contribution in [0.2, 0.25) is 0 Å². The molecule has 18 heavy (non-hydrogen) atoms. The Kier molecular flexibility index (Phi) is 3.00. The van der Waals surface area contributed by atoms with Gasteiger partial charge in [0.05, 0.1) is 5.69 Å². The molecular weight excluding hydrogens is 231 g/mol. The van der Waals surface area contributed by atoms with Crippen LogP contribution >= 0.6 is 0 Å². The van der Waals surface area contributed by atoms with Crippen molar-refractivity contribution in [2.75, 3.05) is 11.9 Å². The summed E-state index contributed by atoms with van der Waals surface area (Å²) in [6.45, 7) is 0.918. The second kappa shape index (κ2) is 4.80. The minimum Gasteiger partial charge on any atom is -0.354 e. The van der Waals surface area contributed by atoms with Crippen LogP contribution in [0.3, 0.4) is 0 Å².